The highest BCUT2D eigenvalue weighted by molar-refractivity contribution is 7.84. The number of nitrogens with zero attached hydrogens (tertiary/aromatic N) is 3. The van der Waals surface area contributed by atoms with Crippen LogP contribution in [-0.2, 0) is 10.8 Å². The first-order valence-corrected chi connectivity index (χ1v) is 5.81. The summed E-state index contributed by atoms with van der Waals surface area (Å²) >= 11 is 0. The minimum atomic E-state index is -1.16. The van der Waals surface area contributed by atoms with Gasteiger partial charge in [-0.2, -0.15) is 0 Å². The fraction of sp³-hybridized carbons (Fsp3) is 0.222. The average molecular weight is 223 g/mol. The summed E-state index contributed by atoms with van der Waals surface area (Å²) in [4.78, 5) is 11.9. The normalized spacial score (nSPS) is 12.7. The summed E-state index contributed by atoms with van der Waals surface area (Å²) in [6.07, 6.45) is 6.26. The molecule has 0 aliphatic rings. The molecule has 5 nitrogen and oxygen atoms in total. The summed E-state index contributed by atoms with van der Waals surface area (Å²) in [7, 11) is -1.16. The predicted molar refractivity (Wildman–Crippen MR) is 54.6 cm³/mol. The second kappa shape index (κ2) is 3.90. The molecule has 15 heavy (non-hydrogen) atoms. The average Bonchev–Trinajstić information content (AvgIpc) is 2.65. The van der Waals surface area contributed by atoms with Crippen molar-refractivity contribution in [2.75, 3.05) is 6.26 Å². The lowest BCUT2D eigenvalue weighted by molar-refractivity contribution is 0.541. The van der Waals surface area contributed by atoms with Gasteiger partial charge < -0.3 is 4.42 Å². The molecule has 0 aromatic carbocycles. The molecule has 0 aliphatic carbocycles. The van der Waals surface area contributed by atoms with E-state index in [1.54, 1.807) is 18.6 Å². The van der Waals surface area contributed by atoms with Crippen molar-refractivity contribution in [2.24, 2.45) is 0 Å². The molecule has 0 spiro atoms. The SMILES string of the molecule is Cc1cnc(-c2cnc(S(C)=O)nc2)o1. The van der Waals surface area contributed by atoms with Gasteiger partial charge in [0.05, 0.1) is 22.6 Å². The van der Waals surface area contributed by atoms with E-state index in [2.05, 4.69) is 15.0 Å². The highest BCUT2D eigenvalue weighted by Gasteiger charge is 2.07. The number of oxazole rings is 1. The van der Waals surface area contributed by atoms with Crippen LogP contribution < -0.4 is 0 Å². The topological polar surface area (TPSA) is 68.9 Å². The Balaban J connectivity index is 2.35. The Morgan fingerprint density at radius 2 is 1.87 bits per heavy atom. The van der Waals surface area contributed by atoms with Gasteiger partial charge in [-0.1, -0.05) is 0 Å². The quantitative estimate of drug-likeness (QED) is 0.715. The molecule has 1 atom stereocenters. The minimum Gasteiger partial charge on any atom is -0.441 e. The molecular weight excluding hydrogens is 214 g/mol. The van der Waals surface area contributed by atoms with E-state index in [-0.39, 0.29) is 0 Å². The fourth-order valence-corrected chi connectivity index (χ4v) is 1.47. The third-order valence-electron chi connectivity index (χ3n) is 1.75. The molecule has 0 fully saturated rings. The van der Waals surface area contributed by atoms with Gasteiger partial charge in [0.25, 0.3) is 0 Å². The second-order valence-electron chi connectivity index (χ2n) is 2.98. The van der Waals surface area contributed by atoms with Crippen molar-refractivity contribution in [1.82, 2.24) is 15.0 Å². The third kappa shape index (κ3) is 2.10. The van der Waals surface area contributed by atoms with Gasteiger partial charge in [0.1, 0.15) is 5.76 Å². The summed E-state index contributed by atoms with van der Waals surface area (Å²) < 4.78 is 16.3. The van der Waals surface area contributed by atoms with Gasteiger partial charge in [-0.25, -0.2) is 15.0 Å². The number of hydrogen-bond acceptors (Lipinski definition) is 5. The molecule has 2 heterocycles. The number of aryl methyl sites for hydroxylation is 1. The van der Waals surface area contributed by atoms with Crippen LogP contribution >= 0.6 is 0 Å². The Hall–Kier alpha value is -1.56. The van der Waals surface area contributed by atoms with Gasteiger partial charge in [0, 0.05) is 18.6 Å². The zero-order valence-corrected chi connectivity index (χ0v) is 9.11. The van der Waals surface area contributed by atoms with Crippen LogP contribution in [0.15, 0.2) is 28.2 Å². The van der Waals surface area contributed by atoms with Crippen molar-refractivity contribution in [3.63, 3.8) is 0 Å². The standard InChI is InChI=1S/C9H9N3O2S/c1-6-3-10-8(14-6)7-4-11-9(12-5-7)15(2)13/h3-5H,1-2H3. The number of aromatic nitrogens is 3. The van der Waals surface area contributed by atoms with Crippen molar-refractivity contribution in [3.05, 3.63) is 24.4 Å². The molecule has 2 aromatic rings. The van der Waals surface area contributed by atoms with Gasteiger partial charge in [-0.3, -0.25) is 4.21 Å². The van der Waals surface area contributed by atoms with Gasteiger partial charge in [-0.05, 0) is 6.92 Å². The van der Waals surface area contributed by atoms with Crippen molar-refractivity contribution in [2.45, 2.75) is 12.1 Å². The second-order valence-corrected chi connectivity index (χ2v) is 4.26. The largest absolute Gasteiger partial charge is 0.441 e. The Kier molecular flexibility index (Phi) is 2.59. The van der Waals surface area contributed by atoms with E-state index >= 15 is 0 Å². The molecule has 0 saturated carbocycles. The van der Waals surface area contributed by atoms with Crippen molar-refractivity contribution >= 4 is 10.8 Å². The van der Waals surface area contributed by atoms with E-state index < -0.39 is 10.8 Å². The third-order valence-corrected chi connectivity index (χ3v) is 2.48. The zero-order chi connectivity index (χ0) is 10.8. The first-order chi connectivity index (χ1) is 7.16. The molecule has 6 heteroatoms. The summed E-state index contributed by atoms with van der Waals surface area (Å²) in [6.45, 7) is 1.81. The van der Waals surface area contributed by atoms with Crippen molar-refractivity contribution < 1.29 is 8.63 Å². The van der Waals surface area contributed by atoms with Crippen LogP contribution in [0.4, 0.5) is 0 Å². The summed E-state index contributed by atoms with van der Waals surface area (Å²) in [5.41, 5.74) is 0.678. The van der Waals surface area contributed by atoms with Crippen LogP contribution in [0.3, 0.4) is 0 Å². The van der Waals surface area contributed by atoms with E-state index in [1.807, 2.05) is 6.92 Å². The Morgan fingerprint density at radius 1 is 1.20 bits per heavy atom. The van der Waals surface area contributed by atoms with E-state index in [9.17, 15) is 4.21 Å². The molecular formula is C9H9N3O2S. The van der Waals surface area contributed by atoms with Gasteiger partial charge in [-0.15, -0.1) is 0 Å². The molecule has 2 aromatic heterocycles. The zero-order valence-electron chi connectivity index (χ0n) is 8.30. The molecule has 0 radical (unpaired) electrons. The lowest BCUT2D eigenvalue weighted by Crippen LogP contribution is -1.96. The molecule has 78 valence electrons. The van der Waals surface area contributed by atoms with Crippen LogP contribution in [0.5, 0.6) is 0 Å². The molecule has 1 unspecified atom stereocenters. The van der Waals surface area contributed by atoms with Gasteiger partial charge in [0.15, 0.2) is 0 Å². The summed E-state index contributed by atoms with van der Waals surface area (Å²) in [6, 6.07) is 0. The van der Waals surface area contributed by atoms with Crippen molar-refractivity contribution in [3.8, 4) is 11.5 Å². The van der Waals surface area contributed by atoms with Crippen molar-refractivity contribution in [1.29, 1.82) is 0 Å². The van der Waals surface area contributed by atoms with Gasteiger partial charge >= 0.3 is 0 Å². The van der Waals surface area contributed by atoms with Gasteiger partial charge in [0.2, 0.25) is 11.0 Å². The fourth-order valence-electron chi connectivity index (χ4n) is 1.06. The number of rotatable bonds is 2. The first-order valence-electron chi connectivity index (χ1n) is 4.25. The van der Waals surface area contributed by atoms with Crippen LogP contribution in [0.25, 0.3) is 11.5 Å². The lowest BCUT2D eigenvalue weighted by atomic mass is 10.3. The molecule has 0 aliphatic heterocycles. The first kappa shape index (κ1) is 9.97. The maximum Gasteiger partial charge on any atom is 0.229 e. The molecule has 0 bridgehead atoms. The van der Waals surface area contributed by atoms with E-state index in [1.165, 1.54) is 6.26 Å². The Labute approximate surface area is 89.0 Å². The molecule has 2 rings (SSSR count). The van der Waals surface area contributed by atoms with Crippen LogP contribution in [-0.4, -0.2) is 25.4 Å². The lowest BCUT2D eigenvalue weighted by Gasteiger charge is -1.96. The van der Waals surface area contributed by atoms with Crippen LogP contribution in [0, 0.1) is 6.92 Å². The molecule has 0 amide bonds. The molecule has 0 N–H and O–H groups in total. The Bertz CT molecular complexity index is 492. The smallest absolute Gasteiger partial charge is 0.229 e. The predicted octanol–water partition coefficient (Wildman–Crippen LogP) is 1.18. The van der Waals surface area contributed by atoms with E-state index in [0.717, 1.165) is 5.76 Å². The minimum absolute atomic E-state index is 0.307. The Morgan fingerprint density at radius 3 is 2.33 bits per heavy atom. The maximum absolute atomic E-state index is 11.0. The summed E-state index contributed by atoms with van der Waals surface area (Å²) in [5.74, 6) is 1.20. The number of hydrogen-bond donors (Lipinski definition) is 0. The highest BCUT2D eigenvalue weighted by atomic mass is 32.2. The van der Waals surface area contributed by atoms with Crippen LogP contribution in [0.2, 0.25) is 0 Å². The monoisotopic (exact) mass is 223 g/mol. The highest BCUT2D eigenvalue weighted by Crippen LogP contribution is 2.16. The summed E-state index contributed by atoms with van der Waals surface area (Å²) in [5, 5.41) is 0.307. The maximum atomic E-state index is 11.0. The molecule has 0 saturated heterocycles. The van der Waals surface area contributed by atoms with E-state index in [0.29, 0.717) is 16.6 Å². The van der Waals surface area contributed by atoms with Crippen LogP contribution in [0.1, 0.15) is 5.76 Å². The van der Waals surface area contributed by atoms with E-state index in [4.69, 9.17) is 4.42 Å².